The van der Waals surface area contributed by atoms with Gasteiger partial charge in [0, 0.05) is 0 Å². The molecule has 0 saturated heterocycles. The molecule has 0 spiro atoms. The molecule has 0 radical (unpaired) electrons. The van der Waals surface area contributed by atoms with Crippen LogP contribution in [0.4, 0.5) is 4.39 Å². The highest BCUT2D eigenvalue weighted by atomic mass is 35.5. The van der Waals surface area contributed by atoms with Crippen LogP contribution in [0.2, 0.25) is 0 Å². The molecule has 0 saturated carbocycles. The molecular formula is C10H14ClF. The maximum Gasteiger partial charge on any atom is 0.137 e. The molecule has 0 heterocycles. The van der Waals surface area contributed by atoms with Gasteiger partial charge in [-0.05, 0) is 18.9 Å². The Kier molecular flexibility index (Phi) is 4.91. The Labute approximate surface area is 78.4 Å². The Morgan fingerprint density at radius 1 is 1.42 bits per heavy atom. The van der Waals surface area contributed by atoms with Gasteiger partial charge in [-0.1, -0.05) is 43.7 Å². The lowest BCUT2D eigenvalue weighted by molar-refractivity contribution is 0.661. The summed E-state index contributed by atoms with van der Waals surface area (Å²) in [5.74, 6) is -0.0665. The number of hydrogen-bond acceptors (Lipinski definition) is 0. The molecule has 0 nitrogen and oxygen atoms in total. The van der Waals surface area contributed by atoms with E-state index in [1.807, 2.05) is 13.8 Å². The fraction of sp³-hybridized carbons (Fsp3) is 0.400. The van der Waals surface area contributed by atoms with Crippen molar-refractivity contribution in [2.75, 3.05) is 0 Å². The first-order chi connectivity index (χ1) is 5.45. The summed E-state index contributed by atoms with van der Waals surface area (Å²) in [6.07, 6.45) is 2.98. The molecule has 12 heavy (non-hydrogen) atoms. The van der Waals surface area contributed by atoms with Crippen LogP contribution >= 0.6 is 11.6 Å². The van der Waals surface area contributed by atoms with Crippen LogP contribution in [0.5, 0.6) is 0 Å². The predicted octanol–water partition coefficient (Wildman–Crippen LogP) is 4.19. The highest BCUT2D eigenvalue weighted by Gasteiger charge is 1.96. The van der Waals surface area contributed by atoms with Gasteiger partial charge in [0.25, 0.3) is 0 Å². The second-order valence-electron chi connectivity index (χ2n) is 2.94. The van der Waals surface area contributed by atoms with Crippen molar-refractivity contribution >= 4 is 11.6 Å². The average Bonchev–Trinajstić information content (AvgIpc) is 1.98. The van der Waals surface area contributed by atoms with Crippen LogP contribution in [0, 0.1) is 5.92 Å². The molecule has 0 N–H and O–H groups in total. The van der Waals surface area contributed by atoms with E-state index in [1.165, 1.54) is 13.0 Å². The Morgan fingerprint density at radius 3 is 2.25 bits per heavy atom. The lowest BCUT2D eigenvalue weighted by atomic mass is 10.1. The topological polar surface area (TPSA) is 0 Å². The molecule has 0 fully saturated rings. The van der Waals surface area contributed by atoms with Crippen LogP contribution in [0.1, 0.15) is 20.8 Å². The summed E-state index contributed by atoms with van der Waals surface area (Å²) in [7, 11) is 0. The molecular weight excluding hydrogens is 175 g/mol. The van der Waals surface area contributed by atoms with Crippen LogP contribution in [0.15, 0.2) is 35.2 Å². The van der Waals surface area contributed by atoms with Gasteiger partial charge in [0.1, 0.15) is 5.83 Å². The van der Waals surface area contributed by atoms with Gasteiger partial charge in [-0.25, -0.2) is 4.39 Å². The van der Waals surface area contributed by atoms with Gasteiger partial charge >= 0.3 is 0 Å². The van der Waals surface area contributed by atoms with Crippen molar-refractivity contribution in [3.8, 4) is 0 Å². The molecule has 0 bridgehead atoms. The average molecular weight is 189 g/mol. The zero-order chi connectivity index (χ0) is 9.72. The molecule has 0 unspecified atom stereocenters. The van der Waals surface area contributed by atoms with Gasteiger partial charge < -0.3 is 0 Å². The number of hydrogen-bond donors (Lipinski definition) is 0. The van der Waals surface area contributed by atoms with E-state index in [2.05, 4.69) is 6.58 Å². The smallest absolute Gasteiger partial charge is 0.137 e. The molecule has 0 amide bonds. The monoisotopic (exact) mass is 188 g/mol. The van der Waals surface area contributed by atoms with Gasteiger partial charge in [-0.3, -0.25) is 0 Å². The SMILES string of the molecule is C=C(/C=C\C(F)=C(/C)Cl)C(C)C. The van der Waals surface area contributed by atoms with Crippen LogP contribution in [-0.2, 0) is 0 Å². The summed E-state index contributed by atoms with van der Waals surface area (Å²) in [5, 5.41) is 0.169. The Balaban J connectivity index is 4.27. The van der Waals surface area contributed by atoms with E-state index in [1.54, 1.807) is 6.08 Å². The van der Waals surface area contributed by atoms with E-state index in [0.717, 1.165) is 5.57 Å². The third kappa shape index (κ3) is 4.35. The molecule has 0 aliphatic carbocycles. The molecule has 2 heteroatoms. The molecule has 0 atom stereocenters. The molecule has 0 rings (SSSR count). The van der Waals surface area contributed by atoms with Gasteiger partial charge in [0.15, 0.2) is 0 Å². The second-order valence-corrected chi connectivity index (χ2v) is 3.51. The van der Waals surface area contributed by atoms with E-state index >= 15 is 0 Å². The Morgan fingerprint density at radius 2 is 1.92 bits per heavy atom. The predicted molar refractivity (Wildman–Crippen MR) is 52.8 cm³/mol. The quantitative estimate of drug-likeness (QED) is 0.583. The lowest BCUT2D eigenvalue weighted by Crippen LogP contribution is -1.87. The molecule has 68 valence electrons. The number of halogens is 2. The number of allylic oxidation sites excluding steroid dienone is 5. The Hall–Kier alpha value is -0.560. The van der Waals surface area contributed by atoms with Crippen LogP contribution in [0.25, 0.3) is 0 Å². The third-order valence-electron chi connectivity index (χ3n) is 1.51. The van der Waals surface area contributed by atoms with Gasteiger partial charge in [0.2, 0.25) is 0 Å². The minimum atomic E-state index is -0.404. The highest BCUT2D eigenvalue weighted by Crippen LogP contribution is 2.14. The van der Waals surface area contributed by atoms with Crippen LogP contribution < -0.4 is 0 Å². The minimum Gasteiger partial charge on any atom is -0.206 e. The highest BCUT2D eigenvalue weighted by molar-refractivity contribution is 6.29. The van der Waals surface area contributed by atoms with E-state index in [0.29, 0.717) is 5.92 Å². The molecule has 0 aromatic heterocycles. The minimum absolute atomic E-state index is 0.169. The number of rotatable bonds is 3. The van der Waals surface area contributed by atoms with Gasteiger partial charge in [-0.2, -0.15) is 0 Å². The first kappa shape index (κ1) is 11.4. The van der Waals surface area contributed by atoms with E-state index in [-0.39, 0.29) is 5.03 Å². The van der Waals surface area contributed by atoms with Crippen molar-refractivity contribution in [3.63, 3.8) is 0 Å². The first-order valence-corrected chi connectivity index (χ1v) is 4.21. The van der Waals surface area contributed by atoms with Crippen molar-refractivity contribution < 1.29 is 4.39 Å². The zero-order valence-corrected chi connectivity index (χ0v) is 8.45. The fourth-order valence-corrected chi connectivity index (χ4v) is 0.550. The van der Waals surface area contributed by atoms with Gasteiger partial charge in [0.05, 0.1) is 5.03 Å². The Bertz CT molecular complexity index is 220. The van der Waals surface area contributed by atoms with E-state index < -0.39 is 5.83 Å². The van der Waals surface area contributed by atoms with E-state index in [9.17, 15) is 4.39 Å². The summed E-state index contributed by atoms with van der Waals surface area (Å²) in [6.45, 7) is 9.28. The molecule has 0 aromatic rings. The lowest BCUT2D eigenvalue weighted by Gasteiger charge is -2.01. The van der Waals surface area contributed by atoms with Crippen LogP contribution in [-0.4, -0.2) is 0 Å². The van der Waals surface area contributed by atoms with Crippen molar-refractivity contribution in [3.05, 3.63) is 35.2 Å². The van der Waals surface area contributed by atoms with Crippen molar-refractivity contribution in [2.45, 2.75) is 20.8 Å². The van der Waals surface area contributed by atoms with Crippen molar-refractivity contribution in [2.24, 2.45) is 5.92 Å². The van der Waals surface area contributed by atoms with Gasteiger partial charge in [-0.15, -0.1) is 0 Å². The largest absolute Gasteiger partial charge is 0.206 e. The standard InChI is InChI=1S/C10H14ClF/c1-7(2)8(3)5-6-10(12)9(4)11/h5-7H,3H2,1-2,4H3/b6-5-,10-9-. The summed E-state index contributed by atoms with van der Waals surface area (Å²) in [4.78, 5) is 0. The maximum atomic E-state index is 12.8. The molecule has 0 aromatic carbocycles. The normalized spacial score (nSPS) is 13.8. The molecule has 0 aliphatic rings. The molecule has 0 aliphatic heterocycles. The third-order valence-corrected chi connectivity index (χ3v) is 1.69. The fourth-order valence-electron chi connectivity index (χ4n) is 0.487. The summed E-state index contributed by atoms with van der Waals surface area (Å²) < 4.78 is 12.8. The summed E-state index contributed by atoms with van der Waals surface area (Å²) in [6, 6.07) is 0. The summed E-state index contributed by atoms with van der Waals surface area (Å²) in [5.41, 5.74) is 0.892. The van der Waals surface area contributed by atoms with Crippen molar-refractivity contribution in [1.82, 2.24) is 0 Å². The van der Waals surface area contributed by atoms with Crippen LogP contribution in [0.3, 0.4) is 0 Å². The first-order valence-electron chi connectivity index (χ1n) is 3.84. The zero-order valence-electron chi connectivity index (χ0n) is 7.70. The second kappa shape index (κ2) is 5.15. The van der Waals surface area contributed by atoms with Crippen molar-refractivity contribution in [1.29, 1.82) is 0 Å². The summed E-state index contributed by atoms with van der Waals surface area (Å²) >= 11 is 5.41. The van der Waals surface area contributed by atoms with E-state index in [4.69, 9.17) is 11.6 Å². The maximum absolute atomic E-state index is 12.8.